The summed E-state index contributed by atoms with van der Waals surface area (Å²) in [6, 6.07) is 14.4. The van der Waals surface area contributed by atoms with Gasteiger partial charge in [-0.1, -0.05) is 31.2 Å². The largest absolute Gasteiger partial charge is 0.497 e. The van der Waals surface area contributed by atoms with Gasteiger partial charge in [0.25, 0.3) is 5.91 Å². The predicted molar refractivity (Wildman–Crippen MR) is 95.9 cm³/mol. The SMILES string of the molecule is CCc1ccc(C(=O)NC(C)(CC(=O)O)c2cccc(OC)c2)cc1. The third-order valence-corrected chi connectivity index (χ3v) is 4.23. The molecule has 2 N–H and O–H groups in total. The summed E-state index contributed by atoms with van der Waals surface area (Å²) in [5, 5.41) is 12.2. The molecule has 5 heteroatoms. The van der Waals surface area contributed by atoms with E-state index in [1.54, 1.807) is 50.4 Å². The molecule has 0 saturated carbocycles. The highest BCUT2D eigenvalue weighted by Crippen LogP contribution is 2.28. The minimum Gasteiger partial charge on any atom is -0.497 e. The van der Waals surface area contributed by atoms with Crippen LogP contribution in [-0.2, 0) is 16.8 Å². The van der Waals surface area contributed by atoms with Gasteiger partial charge in [0.2, 0.25) is 0 Å². The minimum absolute atomic E-state index is 0.237. The fraction of sp³-hybridized carbons (Fsp3) is 0.300. The first kappa shape index (κ1) is 18.5. The summed E-state index contributed by atoms with van der Waals surface area (Å²) in [4.78, 5) is 24.0. The molecule has 132 valence electrons. The van der Waals surface area contributed by atoms with E-state index in [1.165, 1.54) is 0 Å². The Balaban J connectivity index is 2.32. The van der Waals surface area contributed by atoms with Crippen LogP contribution in [0.3, 0.4) is 0 Å². The number of carboxylic acid groups (broad SMARTS) is 1. The van der Waals surface area contributed by atoms with Gasteiger partial charge in [0.05, 0.1) is 19.1 Å². The van der Waals surface area contributed by atoms with Gasteiger partial charge < -0.3 is 15.2 Å². The van der Waals surface area contributed by atoms with Crippen LogP contribution in [0, 0.1) is 0 Å². The number of nitrogens with one attached hydrogen (secondary N) is 1. The number of rotatable bonds is 7. The lowest BCUT2D eigenvalue weighted by Gasteiger charge is -2.30. The number of aryl methyl sites for hydroxylation is 1. The van der Waals surface area contributed by atoms with E-state index in [0.717, 1.165) is 12.0 Å². The fourth-order valence-corrected chi connectivity index (χ4v) is 2.70. The molecule has 5 nitrogen and oxygen atoms in total. The Morgan fingerprint density at radius 1 is 1.16 bits per heavy atom. The lowest BCUT2D eigenvalue weighted by molar-refractivity contribution is -0.138. The van der Waals surface area contributed by atoms with Crippen molar-refractivity contribution >= 4 is 11.9 Å². The summed E-state index contributed by atoms with van der Waals surface area (Å²) < 4.78 is 5.21. The van der Waals surface area contributed by atoms with Crippen molar-refractivity contribution in [1.82, 2.24) is 5.32 Å². The van der Waals surface area contributed by atoms with Gasteiger partial charge >= 0.3 is 5.97 Å². The van der Waals surface area contributed by atoms with Crippen LogP contribution in [0.5, 0.6) is 5.75 Å². The summed E-state index contributed by atoms with van der Waals surface area (Å²) in [6.45, 7) is 3.75. The number of methoxy groups -OCH3 is 1. The Morgan fingerprint density at radius 3 is 2.40 bits per heavy atom. The van der Waals surface area contributed by atoms with Crippen LogP contribution in [0.15, 0.2) is 48.5 Å². The van der Waals surface area contributed by atoms with Gasteiger partial charge in [-0.05, 0) is 48.7 Å². The van der Waals surface area contributed by atoms with E-state index < -0.39 is 11.5 Å². The highest BCUT2D eigenvalue weighted by atomic mass is 16.5. The zero-order valence-corrected chi connectivity index (χ0v) is 14.7. The van der Waals surface area contributed by atoms with Gasteiger partial charge in [-0.15, -0.1) is 0 Å². The molecular formula is C20H23NO4. The molecule has 1 amide bonds. The second kappa shape index (κ2) is 7.83. The van der Waals surface area contributed by atoms with Gasteiger partial charge in [-0.3, -0.25) is 9.59 Å². The first-order valence-electron chi connectivity index (χ1n) is 8.15. The second-order valence-corrected chi connectivity index (χ2v) is 6.14. The average molecular weight is 341 g/mol. The van der Waals surface area contributed by atoms with E-state index in [0.29, 0.717) is 16.9 Å². The van der Waals surface area contributed by atoms with Gasteiger partial charge in [0, 0.05) is 5.56 Å². The molecule has 1 atom stereocenters. The number of amides is 1. The van der Waals surface area contributed by atoms with Crippen molar-refractivity contribution in [2.45, 2.75) is 32.2 Å². The van der Waals surface area contributed by atoms with Crippen molar-refractivity contribution < 1.29 is 19.4 Å². The van der Waals surface area contributed by atoms with Crippen LogP contribution in [0.25, 0.3) is 0 Å². The molecule has 0 bridgehead atoms. The molecule has 2 aromatic rings. The average Bonchev–Trinajstić information content (AvgIpc) is 2.61. The van der Waals surface area contributed by atoms with Gasteiger partial charge in [0.1, 0.15) is 5.75 Å². The molecule has 0 radical (unpaired) electrons. The van der Waals surface area contributed by atoms with E-state index in [4.69, 9.17) is 4.74 Å². The molecule has 2 rings (SSSR count). The first-order valence-corrected chi connectivity index (χ1v) is 8.15. The maximum atomic E-state index is 12.6. The second-order valence-electron chi connectivity index (χ2n) is 6.14. The number of aliphatic carboxylic acids is 1. The van der Waals surface area contributed by atoms with Crippen LogP contribution in [0.2, 0.25) is 0 Å². The number of hydrogen-bond acceptors (Lipinski definition) is 3. The van der Waals surface area contributed by atoms with E-state index in [1.807, 2.05) is 19.1 Å². The fourth-order valence-electron chi connectivity index (χ4n) is 2.70. The lowest BCUT2D eigenvalue weighted by atomic mass is 9.88. The molecule has 0 aliphatic carbocycles. The molecule has 0 fully saturated rings. The monoisotopic (exact) mass is 341 g/mol. The number of carbonyl (C=O) groups is 2. The minimum atomic E-state index is -1.05. The van der Waals surface area contributed by atoms with Gasteiger partial charge in [-0.25, -0.2) is 0 Å². The van der Waals surface area contributed by atoms with Crippen LogP contribution in [0.4, 0.5) is 0 Å². The normalized spacial score (nSPS) is 12.9. The van der Waals surface area contributed by atoms with Crippen molar-refractivity contribution in [2.24, 2.45) is 0 Å². The lowest BCUT2D eigenvalue weighted by Crippen LogP contribution is -2.45. The summed E-state index contributed by atoms with van der Waals surface area (Å²) in [6.07, 6.45) is 0.654. The molecule has 0 aliphatic heterocycles. The highest BCUT2D eigenvalue weighted by molar-refractivity contribution is 5.95. The Bertz CT molecular complexity index is 755. The van der Waals surface area contributed by atoms with E-state index in [-0.39, 0.29) is 12.3 Å². The van der Waals surface area contributed by atoms with Crippen molar-refractivity contribution in [3.05, 3.63) is 65.2 Å². The summed E-state index contributed by atoms with van der Waals surface area (Å²) >= 11 is 0. The van der Waals surface area contributed by atoms with Crippen molar-refractivity contribution in [3.8, 4) is 5.75 Å². The number of ether oxygens (including phenoxy) is 1. The van der Waals surface area contributed by atoms with Crippen LogP contribution in [-0.4, -0.2) is 24.1 Å². The molecule has 2 aromatic carbocycles. The molecule has 0 heterocycles. The van der Waals surface area contributed by atoms with Crippen LogP contribution >= 0.6 is 0 Å². The first-order chi connectivity index (χ1) is 11.9. The zero-order valence-electron chi connectivity index (χ0n) is 14.7. The Labute approximate surface area is 147 Å². The molecule has 0 aromatic heterocycles. The third-order valence-electron chi connectivity index (χ3n) is 4.23. The molecular weight excluding hydrogens is 318 g/mol. The smallest absolute Gasteiger partial charge is 0.306 e. The summed E-state index contributed by atoms with van der Waals surface area (Å²) in [5.41, 5.74) is 1.25. The maximum absolute atomic E-state index is 12.6. The Kier molecular flexibility index (Phi) is 5.80. The van der Waals surface area contributed by atoms with Crippen LogP contribution < -0.4 is 10.1 Å². The molecule has 1 unspecified atom stereocenters. The molecule has 0 aliphatic rings. The Morgan fingerprint density at radius 2 is 1.84 bits per heavy atom. The third kappa shape index (κ3) is 4.59. The van der Waals surface area contributed by atoms with Crippen molar-refractivity contribution in [1.29, 1.82) is 0 Å². The highest BCUT2D eigenvalue weighted by Gasteiger charge is 2.32. The van der Waals surface area contributed by atoms with E-state index >= 15 is 0 Å². The van der Waals surface area contributed by atoms with E-state index in [9.17, 15) is 14.7 Å². The number of hydrogen-bond donors (Lipinski definition) is 2. The standard InChI is InChI=1S/C20H23NO4/c1-4-14-8-10-15(11-9-14)19(24)21-20(2,13-18(22)23)16-6-5-7-17(12-16)25-3/h5-12H,4,13H2,1-3H3,(H,21,24)(H,22,23). The number of benzene rings is 2. The zero-order chi connectivity index (χ0) is 18.4. The van der Waals surface area contributed by atoms with Crippen molar-refractivity contribution in [3.63, 3.8) is 0 Å². The Hall–Kier alpha value is -2.82. The maximum Gasteiger partial charge on any atom is 0.306 e. The quantitative estimate of drug-likeness (QED) is 0.809. The topological polar surface area (TPSA) is 75.6 Å². The van der Waals surface area contributed by atoms with E-state index in [2.05, 4.69) is 5.32 Å². The summed E-state index contributed by atoms with van der Waals surface area (Å²) in [7, 11) is 1.54. The van der Waals surface area contributed by atoms with Gasteiger partial charge in [-0.2, -0.15) is 0 Å². The molecule has 0 spiro atoms. The van der Waals surface area contributed by atoms with Gasteiger partial charge in [0.15, 0.2) is 0 Å². The predicted octanol–water partition coefficient (Wildman–Crippen LogP) is 3.38. The number of carbonyl (C=O) groups excluding carboxylic acids is 1. The van der Waals surface area contributed by atoms with Crippen LogP contribution in [0.1, 0.15) is 41.8 Å². The van der Waals surface area contributed by atoms with Crippen molar-refractivity contribution in [2.75, 3.05) is 7.11 Å². The molecule has 25 heavy (non-hydrogen) atoms. The number of carboxylic acids is 1. The molecule has 0 saturated heterocycles. The summed E-state index contributed by atoms with van der Waals surface area (Å²) in [5.74, 6) is -0.697.